The van der Waals surface area contributed by atoms with Crippen LogP contribution >= 0.6 is 22.6 Å². The summed E-state index contributed by atoms with van der Waals surface area (Å²) < 4.78 is 46.3. The average molecular weight is 443 g/mol. The van der Waals surface area contributed by atoms with E-state index in [1.165, 1.54) is 23.1 Å². The molecule has 0 saturated heterocycles. The second kappa shape index (κ2) is 7.41. The molecule has 8 heteroatoms. The van der Waals surface area contributed by atoms with E-state index in [0.29, 0.717) is 9.26 Å². The predicted octanol–water partition coefficient (Wildman–Crippen LogP) is 5.12. The molecule has 0 N–H and O–H groups in total. The third kappa shape index (κ3) is 6.67. The van der Waals surface area contributed by atoms with E-state index >= 15 is 0 Å². The molecule has 0 aliphatic heterocycles. The first-order chi connectivity index (χ1) is 10.4. The molecule has 128 valence electrons. The first-order valence-electron chi connectivity index (χ1n) is 6.59. The van der Waals surface area contributed by atoms with Crippen molar-refractivity contribution < 1.29 is 27.4 Å². The summed E-state index contributed by atoms with van der Waals surface area (Å²) in [6, 6.07) is 3.71. The summed E-state index contributed by atoms with van der Waals surface area (Å²) in [6.07, 6.45) is -3.88. The van der Waals surface area contributed by atoms with E-state index in [1.54, 1.807) is 20.8 Å². The first-order valence-corrected chi connectivity index (χ1v) is 7.67. The van der Waals surface area contributed by atoms with Gasteiger partial charge in [0.05, 0.1) is 5.69 Å². The molecule has 1 aromatic carbocycles. The monoisotopic (exact) mass is 443 g/mol. The van der Waals surface area contributed by atoms with Gasteiger partial charge in [-0.1, -0.05) is 6.08 Å². The van der Waals surface area contributed by atoms with Crippen molar-refractivity contribution in [3.8, 4) is 5.75 Å². The molecule has 1 aromatic rings. The van der Waals surface area contributed by atoms with Crippen LogP contribution in [0, 0.1) is 3.57 Å². The standard InChI is InChI=1S/C15H17F3INO3/c1-5-8-20(13(21)23-14(2,3)4)12-7-6-10(9-11(12)19)22-15(16,17)18/h5-7,9H,1,8H2,2-4H3. The summed E-state index contributed by atoms with van der Waals surface area (Å²) in [4.78, 5) is 13.5. The second-order valence-corrected chi connectivity index (χ2v) is 6.70. The van der Waals surface area contributed by atoms with Gasteiger partial charge >= 0.3 is 12.5 Å². The van der Waals surface area contributed by atoms with Crippen molar-refractivity contribution in [1.29, 1.82) is 0 Å². The zero-order valence-electron chi connectivity index (χ0n) is 12.9. The fourth-order valence-electron chi connectivity index (χ4n) is 1.62. The molecule has 0 aliphatic carbocycles. The molecule has 0 unspecified atom stereocenters. The smallest absolute Gasteiger partial charge is 0.443 e. The highest BCUT2D eigenvalue weighted by molar-refractivity contribution is 14.1. The fourth-order valence-corrected chi connectivity index (χ4v) is 2.40. The molecule has 0 aromatic heterocycles. The lowest BCUT2D eigenvalue weighted by atomic mass is 10.2. The molecule has 1 amide bonds. The molecule has 4 nitrogen and oxygen atoms in total. The Balaban J connectivity index is 3.08. The van der Waals surface area contributed by atoms with Gasteiger partial charge in [-0.2, -0.15) is 0 Å². The zero-order chi connectivity index (χ0) is 17.8. The minimum atomic E-state index is -4.77. The molecule has 1 rings (SSSR count). The number of benzene rings is 1. The number of rotatable bonds is 4. The van der Waals surface area contributed by atoms with E-state index in [4.69, 9.17) is 4.74 Å². The van der Waals surface area contributed by atoms with Gasteiger partial charge in [0.2, 0.25) is 0 Å². The SMILES string of the molecule is C=CCN(C(=O)OC(C)(C)C)c1ccc(OC(F)(F)F)cc1I. The number of hydrogen-bond acceptors (Lipinski definition) is 3. The van der Waals surface area contributed by atoms with Crippen LogP contribution in [-0.4, -0.2) is 24.6 Å². The Morgan fingerprint density at radius 3 is 2.39 bits per heavy atom. The summed E-state index contributed by atoms with van der Waals surface area (Å²) in [5.74, 6) is -0.353. The van der Waals surface area contributed by atoms with E-state index in [1.807, 2.05) is 22.6 Å². The lowest BCUT2D eigenvalue weighted by molar-refractivity contribution is -0.274. The molecule has 0 radical (unpaired) electrons. The van der Waals surface area contributed by atoms with Gasteiger partial charge in [0.25, 0.3) is 0 Å². The van der Waals surface area contributed by atoms with Crippen molar-refractivity contribution in [1.82, 2.24) is 0 Å². The lowest BCUT2D eigenvalue weighted by Gasteiger charge is -2.27. The van der Waals surface area contributed by atoms with Gasteiger partial charge in [0.1, 0.15) is 11.4 Å². The van der Waals surface area contributed by atoms with Crippen molar-refractivity contribution in [3.63, 3.8) is 0 Å². The lowest BCUT2D eigenvalue weighted by Crippen LogP contribution is -2.37. The molecule has 0 bridgehead atoms. The molecule has 0 aliphatic rings. The number of halogens is 4. The van der Waals surface area contributed by atoms with Crippen LogP contribution in [-0.2, 0) is 4.74 Å². The van der Waals surface area contributed by atoms with Crippen LogP contribution in [0.15, 0.2) is 30.9 Å². The van der Waals surface area contributed by atoms with Gasteiger partial charge in [0.15, 0.2) is 0 Å². The molecule has 0 atom stereocenters. The van der Waals surface area contributed by atoms with Crippen LogP contribution in [0.1, 0.15) is 20.8 Å². The Labute approximate surface area is 146 Å². The topological polar surface area (TPSA) is 38.8 Å². The molecular formula is C15H17F3INO3. The van der Waals surface area contributed by atoms with E-state index in [2.05, 4.69) is 11.3 Å². The number of ether oxygens (including phenoxy) is 2. The molecule has 23 heavy (non-hydrogen) atoms. The van der Waals surface area contributed by atoms with Gasteiger partial charge in [0, 0.05) is 10.1 Å². The number of carbonyl (C=O) groups is 1. The number of hydrogen-bond donors (Lipinski definition) is 0. The number of carbonyl (C=O) groups excluding carboxylic acids is 1. The molecule has 0 fully saturated rings. The second-order valence-electron chi connectivity index (χ2n) is 5.54. The van der Waals surface area contributed by atoms with Gasteiger partial charge in [-0.25, -0.2) is 4.79 Å². The fraction of sp³-hybridized carbons (Fsp3) is 0.400. The van der Waals surface area contributed by atoms with Gasteiger partial charge in [-0.3, -0.25) is 4.90 Å². The summed E-state index contributed by atoms with van der Waals surface area (Å²) in [5, 5.41) is 0. The van der Waals surface area contributed by atoms with Crippen LogP contribution in [0.25, 0.3) is 0 Å². The molecule has 0 saturated carbocycles. The maximum Gasteiger partial charge on any atom is 0.573 e. The minimum Gasteiger partial charge on any atom is -0.443 e. The number of alkyl halides is 3. The maximum atomic E-state index is 12.3. The summed E-state index contributed by atoms with van der Waals surface area (Å²) in [6.45, 7) is 8.91. The Bertz CT molecular complexity index is 582. The predicted molar refractivity (Wildman–Crippen MR) is 89.6 cm³/mol. The zero-order valence-corrected chi connectivity index (χ0v) is 15.1. The Hall–Kier alpha value is -1.45. The third-order valence-electron chi connectivity index (χ3n) is 2.37. The van der Waals surface area contributed by atoms with Gasteiger partial charge < -0.3 is 9.47 Å². The highest BCUT2D eigenvalue weighted by Crippen LogP contribution is 2.31. The maximum absolute atomic E-state index is 12.3. The Morgan fingerprint density at radius 2 is 1.96 bits per heavy atom. The van der Waals surface area contributed by atoms with Gasteiger partial charge in [-0.05, 0) is 61.6 Å². The van der Waals surface area contributed by atoms with E-state index in [0.717, 1.165) is 6.07 Å². The normalized spacial score (nSPS) is 11.8. The largest absolute Gasteiger partial charge is 0.573 e. The molecule has 0 heterocycles. The van der Waals surface area contributed by atoms with Crippen LogP contribution < -0.4 is 9.64 Å². The number of anilines is 1. The molecule has 0 spiro atoms. The van der Waals surface area contributed by atoms with Crippen molar-refractivity contribution in [2.24, 2.45) is 0 Å². The van der Waals surface area contributed by atoms with E-state index < -0.39 is 18.1 Å². The van der Waals surface area contributed by atoms with E-state index in [9.17, 15) is 18.0 Å². The van der Waals surface area contributed by atoms with Crippen LogP contribution in [0.2, 0.25) is 0 Å². The third-order valence-corrected chi connectivity index (χ3v) is 3.23. The van der Waals surface area contributed by atoms with Crippen molar-refractivity contribution in [2.75, 3.05) is 11.4 Å². The van der Waals surface area contributed by atoms with Crippen LogP contribution in [0.5, 0.6) is 5.75 Å². The summed E-state index contributed by atoms with van der Waals surface area (Å²) in [7, 11) is 0. The van der Waals surface area contributed by atoms with E-state index in [-0.39, 0.29) is 12.3 Å². The first kappa shape index (κ1) is 19.6. The summed E-state index contributed by atoms with van der Waals surface area (Å²) in [5.41, 5.74) is -0.282. The minimum absolute atomic E-state index is 0.157. The van der Waals surface area contributed by atoms with Crippen molar-refractivity contribution in [2.45, 2.75) is 32.7 Å². The number of amides is 1. The highest BCUT2D eigenvalue weighted by atomic mass is 127. The molecular weight excluding hydrogens is 426 g/mol. The average Bonchev–Trinajstić information content (AvgIpc) is 2.32. The summed E-state index contributed by atoms with van der Waals surface area (Å²) >= 11 is 1.83. The van der Waals surface area contributed by atoms with Crippen LogP contribution in [0.4, 0.5) is 23.7 Å². The van der Waals surface area contributed by atoms with Crippen molar-refractivity contribution in [3.05, 3.63) is 34.4 Å². The quantitative estimate of drug-likeness (QED) is 0.479. The highest BCUT2D eigenvalue weighted by Gasteiger charge is 2.31. The van der Waals surface area contributed by atoms with Gasteiger partial charge in [-0.15, -0.1) is 19.8 Å². The van der Waals surface area contributed by atoms with Crippen LogP contribution in [0.3, 0.4) is 0 Å². The van der Waals surface area contributed by atoms with Crippen molar-refractivity contribution >= 4 is 34.4 Å². The Morgan fingerprint density at radius 1 is 1.35 bits per heavy atom. The Kier molecular flexibility index (Phi) is 6.32. The number of nitrogens with zero attached hydrogens (tertiary/aromatic N) is 1.